The molecule has 4 N–H and O–H groups in total. The Morgan fingerprint density at radius 1 is 1.12 bits per heavy atom. The molecule has 0 saturated carbocycles. The summed E-state index contributed by atoms with van der Waals surface area (Å²) in [7, 11) is -3.63. The summed E-state index contributed by atoms with van der Waals surface area (Å²) in [5.41, 5.74) is 1.83. The predicted molar refractivity (Wildman–Crippen MR) is 141 cm³/mol. The van der Waals surface area contributed by atoms with Gasteiger partial charge in [0.15, 0.2) is 0 Å². The standard InChI is InChI=1S/C24H32BrN5O3S/c1-2-19(17-31)28-23-22(25)16-26-24(30-23)29-20-12-8-13-21(15-20)34(32,33)27-14-7-6-11-18-9-4-3-5-10-18/h3-5,8-10,12-13,15-16,19,22-23,27-28,31H,2,6-7,11,14,17H2,1H3,(H,29,30)/t19-,22?,23?/m1/s1. The molecule has 0 fully saturated rings. The van der Waals surface area contributed by atoms with Gasteiger partial charge in [-0.15, -0.1) is 0 Å². The number of benzene rings is 2. The number of aliphatic hydroxyl groups is 1. The first-order valence-electron chi connectivity index (χ1n) is 11.4. The van der Waals surface area contributed by atoms with Gasteiger partial charge in [0, 0.05) is 24.5 Å². The average Bonchev–Trinajstić information content (AvgIpc) is 2.85. The molecule has 0 amide bonds. The summed E-state index contributed by atoms with van der Waals surface area (Å²) in [5.74, 6) is 0.365. The van der Waals surface area contributed by atoms with Gasteiger partial charge in [0.1, 0.15) is 6.17 Å². The van der Waals surface area contributed by atoms with Crippen molar-refractivity contribution in [2.24, 2.45) is 9.98 Å². The van der Waals surface area contributed by atoms with Crippen LogP contribution in [-0.2, 0) is 16.4 Å². The van der Waals surface area contributed by atoms with Gasteiger partial charge >= 0.3 is 0 Å². The van der Waals surface area contributed by atoms with E-state index in [9.17, 15) is 13.5 Å². The van der Waals surface area contributed by atoms with E-state index in [1.54, 1.807) is 30.5 Å². The molecule has 0 saturated heterocycles. The molecule has 184 valence electrons. The van der Waals surface area contributed by atoms with Gasteiger partial charge in [-0.05, 0) is 49.4 Å². The van der Waals surface area contributed by atoms with Crippen LogP contribution in [0.3, 0.4) is 0 Å². The molecule has 0 bridgehead atoms. The Hall–Kier alpha value is -2.11. The lowest BCUT2D eigenvalue weighted by molar-refractivity contribution is 0.230. The van der Waals surface area contributed by atoms with Gasteiger partial charge in [0.2, 0.25) is 16.0 Å². The molecule has 3 rings (SSSR count). The zero-order valence-corrected chi connectivity index (χ0v) is 21.6. The van der Waals surface area contributed by atoms with Gasteiger partial charge in [-0.1, -0.05) is 59.3 Å². The third-order valence-corrected chi connectivity index (χ3v) is 7.65. The highest BCUT2D eigenvalue weighted by Crippen LogP contribution is 2.18. The number of aliphatic imine (C=N–C) groups is 2. The summed E-state index contributed by atoms with van der Waals surface area (Å²) >= 11 is 3.52. The lowest BCUT2D eigenvalue weighted by Crippen LogP contribution is -2.46. The Labute approximate surface area is 210 Å². The maximum atomic E-state index is 12.8. The molecule has 34 heavy (non-hydrogen) atoms. The van der Waals surface area contributed by atoms with Crippen LogP contribution in [0.25, 0.3) is 0 Å². The molecule has 0 aromatic heterocycles. The minimum atomic E-state index is -3.63. The zero-order chi connectivity index (χ0) is 24.4. The lowest BCUT2D eigenvalue weighted by atomic mass is 10.1. The monoisotopic (exact) mass is 549 g/mol. The highest BCUT2D eigenvalue weighted by molar-refractivity contribution is 9.10. The third kappa shape index (κ3) is 7.99. The number of nitrogens with one attached hydrogen (secondary N) is 3. The smallest absolute Gasteiger partial charge is 0.240 e. The van der Waals surface area contributed by atoms with Crippen molar-refractivity contribution in [1.29, 1.82) is 0 Å². The molecule has 2 unspecified atom stereocenters. The first kappa shape index (κ1) is 26.5. The quantitative estimate of drug-likeness (QED) is 0.239. The molecule has 10 heteroatoms. The van der Waals surface area contributed by atoms with Crippen LogP contribution in [-0.4, -0.2) is 55.9 Å². The van der Waals surface area contributed by atoms with Crippen molar-refractivity contribution in [2.45, 2.75) is 54.5 Å². The van der Waals surface area contributed by atoms with Crippen LogP contribution in [0.15, 0.2) is 69.5 Å². The fraction of sp³-hybridized carbons (Fsp3) is 0.417. The van der Waals surface area contributed by atoms with E-state index in [1.807, 2.05) is 25.1 Å². The largest absolute Gasteiger partial charge is 0.395 e. The minimum Gasteiger partial charge on any atom is -0.395 e. The van der Waals surface area contributed by atoms with Gasteiger partial charge in [-0.2, -0.15) is 0 Å². The molecular formula is C24H32BrN5O3S. The summed E-state index contributed by atoms with van der Waals surface area (Å²) in [6, 6.07) is 16.7. The Balaban J connectivity index is 1.56. The number of unbranched alkanes of at least 4 members (excludes halogenated alkanes) is 1. The second kappa shape index (κ2) is 13.1. The number of nitrogens with zero attached hydrogens (tertiary/aromatic N) is 2. The van der Waals surface area contributed by atoms with Crippen molar-refractivity contribution in [3.05, 3.63) is 60.2 Å². The van der Waals surface area contributed by atoms with Gasteiger partial charge in [-0.3, -0.25) is 5.32 Å². The molecular weight excluding hydrogens is 518 g/mol. The number of rotatable bonds is 12. The predicted octanol–water partition coefficient (Wildman–Crippen LogP) is 3.29. The van der Waals surface area contributed by atoms with Crippen LogP contribution in [0.2, 0.25) is 0 Å². The van der Waals surface area contributed by atoms with Gasteiger partial charge in [0.05, 0.1) is 16.3 Å². The maximum absolute atomic E-state index is 12.8. The molecule has 0 aliphatic carbocycles. The van der Waals surface area contributed by atoms with Crippen LogP contribution < -0.4 is 15.4 Å². The molecule has 2 aromatic carbocycles. The number of hydrogen-bond acceptors (Lipinski definition) is 7. The maximum Gasteiger partial charge on any atom is 0.240 e. The third-order valence-electron chi connectivity index (χ3n) is 5.45. The number of sulfonamides is 1. The average molecular weight is 551 g/mol. The van der Waals surface area contributed by atoms with Crippen LogP contribution in [0.1, 0.15) is 31.7 Å². The highest BCUT2D eigenvalue weighted by Gasteiger charge is 2.23. The Morgan fingerprint density at radius 3 is 2.65 bits per heavy atom. The van der Waals surface area contributed by atoms with E-state index in [0.29, 0.717) is 18.2 Å². The van der Waals surface area contributed by atoms with Gasteiger partial charge in [-0.25, -0.2) is 23.1 Å². The molecule has 1 aliphatic rings. The normalized spacial score (nSPS) is 19.0. The molecule has 3 atom stereocenters. The van der Waals surface area contributed by atoms with Crippen molar-refractivity contribution in [1.82, 2.24) is 10.0 Å². The second-order valence-electron chi connectivity index (χ2n) is 8.07. The molecule has 2 aromatic rings. The van der Waals surface area contributed by atoms with E-state index in [4.69, 9.17) is 0 Å². The Morgan fingerprint density at radius 2 is 1.91 bits per heavy atom. The number of alkyl halides is 1. The van der Waals surface area contributed by atoms with E-state index < -0.39 is 10.0 Å². The Kier molecular flexibility index (Phi) is 10.2. The second-order valence-corrected chi connectivity index (χ2v) is 10.9. The minimum absolute atomic E-state index is 0.0152. The number of guanidine groups is 1. The van der Waals surface area contributed by atoms with Gasteiger partial charge in [0.25, 0.3) is 0 Å². The molecule has 1 heterocycles. The van der Waals surface area contributed by atoms with Crippen LogP contribution in [0.5, 0.6) is 0 Å². The number of halogens is 1. The zero-order valence-electron chi connectivity index (χ0n) is 19.2. The van der Waals surface area contributed by atoms with Crippen LogP contribution >= 0.6 is 15.9 Å². The van der Waals surface area contributed by atoms with E-state index in [2.05, 4.69) is 53.4 Å². The SMILES string of the molecule is CC[C@H](CO)NC1N=C(Nc2cccc(S(=O)(=O)NCCCCc3ccccc3)c2)N=CC1Br. The first-order chi connectivity index (χ1) is 16.4. The summed E-state index contributed by atoms with van der Waals surface area (Å²) in [6.07, 6.45) is 4.77. The van der Waals surface area contributed by atoms with Crippen molar-refractivity contribution in [2.75, 3.05) is 18.5 Å². The van der Waals surface area contributed by atoms with Crippen LogP contribution in [0.4, 0.5) is 5.69 Å². The fourth-order valence-electron chi connectivity index (χ4n) is 3.45. The summed E-state index contributed by atoms with van der Waals surface area (Å²) in [5, 5.41) is 15.8. The number of anilines is 1. The molecule has 8 nitrogen and oxygen atoms in total. The molecule has 1 aliphatic heterocycles. The lowest BCUT2D eigenvalue weighted by Gasteiger charge is -2.25. The summed E-state index contributed by atoms with van der Waals surface area (Å²) in [4.78, 5) is 8.92. The molecule has 0 radical (unpaired) electrons. The van der Waals surface area contributed by atoms with Crippen molar-refractivity contribution >= 4 is 43.8 Å². The van der Waals surface area contributed by atoms with Crippen molar-refractivity contribution < 1.29 is 13.5 Å². The topological polar surface area (TPSA) is 115 Å². The molecule has 0 spiro atoms. The van der Waals surface area contributed by atoms with Crippen molar-refractivity contribution in [3.8, 4) is 0 Å². The summed E-state index contributed by atoms with van der Waals surface area (Å²) in [6.45, 7) is 2.38. The highest BCUT2D eigenvalue weighted by atomic mass is 79.9. The van der Waals surface area contributed by atoms with E-state index in [0.717, 1.165) is 25.7 Å². The van der Waals surface area contributed by atoms with Gasteiger partial charge < -0.3 is 10.4 Å². The van der Waals surface area contributed by atoms with E-state index in [1.165, 1.54) is 5.56 Å². The van der Waals surface area contributed by atoms with Crippen molar-refractivity contribution in [3.63, 3.8) is 0 Å². The number of hydrogen-bond donors (Lipinski definition) is 4. The number of aliphatic hydroxyl groups excluding tert-OH is 1. The first-order valence-corrected chi connectivity index (χ1v) is 13.8. The van der Waals surface area contributed by atoms with E-state index in [-0.39, 0.29) is 28.5 Å². The van der Waals surface area contributed by atoms with E-state index >= 15 is 0 Å². The fourth-order valence-corrected chi connectivity index (χ4v) is 4.96. The van der Waals surface area contributed by atoms with Crippen LogP contribution in [0, 0.1) is 0 Å². The number of aryl methyl sites for hydroxylation is 1. The summed E-state index contributed by atoms with van der Waals surface area (Å²) < 4.78 is 28.2. The Bertz CT molecular complexity index is 1080.